The SMILES string of the molecule is CCNC(=NCC(c1ccccc1OC)N1CCCC1)NCC(O)c1ccco1. The maximum absolute atomic E-state index is 10.3. The number of hydrogen-bond donors (Lipinski definition) is 3. The van der Waals surface area contributed by atoms with Gasteiger partial charge in [-0.25, -0.2) is 0 Å². The maximum Gasteiger partial charge on any atom is 0.191 e. The first-order chi connectivity index (χ1) is 14.2. The van der Waals surface area contributed by atoms with Crippen LogP contribution in [0.25, 0.3) is 0 Å². The minimum atomic E-state index is -0.725. The van der Waals surface area contributed by atoms with Gasteiger partial charge in [0, 0.05) is 12.1 Å². The van der Waals surface area contributed by atoms with Crippen LogP contribution in [0.1, 0.15) is 43.2 Å². The summed E-state index contributed by atoms with van der Waals surface area (Å²) in [5.41, 5.74) is 1.16. The molecule has 7 heteroatoms. The lowest BCUT2D eigenvalue weighted by Gasteiger charge is -2.28. The Bertz CT molecular complexity index is 757. The Morgan fingerprint density at radius 2 is 2.00 bits per heavy atom. The molecule has 0 amide bonds. The zero-order chi connectivity index (χ0) is 20.5. The van der Waals surface area contributed by atoms with E-state index in [0.29, 0.717) is 24.8 Å². The topological polar surface area (TPSA) is 82.3 Å². The minimum Gasteiger partial charge on any atom is -0.496 e. The summed E-state index contributed by atoms with van der Waals surface area (Å²) in [6, 6.07) is 11.9. The first kappa shape index (κ1) is 21.2. The highest BCUT2D eigenvalue weighted by atomic mass is 16.5. The van der Waals surface area contributed by atoms with Gasteiger partial charge in [-0.1, -0.05) is 18.2 Å². The van der Waals surface area contributed by atoms with Gasteiger partial charge in [0.15, 0.2) is 5.96 Å². The smallest absolute Gasteiger partial charge is 0.191 e. The number of rotatable bonds is 9. The van der Waals surface area contributed by atoms with Crippen LogP contribution in [0.15, 0.2) is 52.1 Å². The molecule has 1 aromatic carbocycles. The van der Waals surface area contributed by atoms with Crippen LogP contribution >= 0.6 is 0 Å². The van der Waals surface area contributed by atoms with Gasteiger partial charge in [-0.15, -0.1) is 0 Å². The second-order valence-electron chi connectivity index (χ2n) is 7.13. The quantitative estimate of drug-likeness (QED) is 0.444. The number of furan rings is 1. The number of benzene rings is 1. The van der Waals surface area contributed by atoms with Crippen molar-refractivity contribution in [3.63, 3.8) is 0 Å². The molecule has 0 radical (unpaired) electrons. The van der Waals surface area contributed by atoms with Crippen molar-refractivity contribution in [3.8, 4) is 5.75 Å². The molecule has 158 valence electrons. The highest BCUT2D eigenvalue weighted by Crippen LogP contribution is 2.31. The molecule has 3 N–H and O–H groups in total. The summed E-state index contributed by atoms with van der Waals surface area (Å²) in [6.45, 7) is 5.83. The number of hydrogen-bond acceptors (Lipinski definition) is 5. The Hall–Kier alpha value is -2.51. The summed E-state index contributed by atoms with van der Waals surface area (Å²) in [5, 5.41) is 16.7. The number of nitrogens with one attached hydrogen (secondary N) is 2. The van der Waals surface area contributed by atoms with Gasteiger partial charge < -0.3 is 24.9 Å². The molecule has 2 heterocycles. The number of aliphatic hydroxyl groups is 1. The Balaban J connectivity index is 1.72. The molecule has 0 aliphatic carbocycles. The van der Waals surface area contributed by atoms with Gasteiger partial charge in [-0.3, -0.25) is 9.89 Å². The van der Waals surface area contributed by atoms with E-state index in [1.54, 1.807) is 25.5 Å². The summed E-state index contributed by atoms with van der Waals surface area (Å²) in [4.78, 5) is 7.29. The molecule has 1 aromatic heterocycles. The Morgan fingerprint density at radius 3 is 2.69 bits per heavy atom. The average molecular weight is 401 g/mol. The van der Waals surface area contributed by atoms with Gasteiger partial charge in [0.2, 0.25) is 0 Å². The fraction of sp³-hybridized carbons (Fsp3) is 0.500. The van der Waals surface area contributed by atoms with Crippen LogP contribution < -0.4 is 15.4 Å². The molecule has 1 aliphatic heterocycles. The van der Waals surface area contributed by atoms with Crippen LogP contribution in [-0.4, -0.2) is 55.8 Å². The van der Waals surface area contributed by atoms with Gasteiger partial charge >= 0.3 is 0 Å². The predicted molar refractivity (Wildman–Crippen MR) is 114 cm³/mol. The molecule has 29 heavy (non-hydrogen) atoms. The zero-order valence-electron chi connectivity index (χ0n) is 17.3. The third-order valence-corrected chi connectivity index (χ3v) is 5.18. The van der Waals surface area contributed by atoms with Crippen LogP contribution in [0, 0.1) is 0 Å². The molecule has 7 nitrogen and oxygen atoms in total. The van der Waals surface area contributed by atoms with E-state index in [1.165, 1.54) is 12.8 Å². The van der Waals surface area contributed by atoms with E-state index in [0.717, 1.165) is 30.9 Å². The molecule has 1 saturated heterocycles. The summed E-state index contributed by atoms with van der Waals surface area (Å²) in [7, 11) is 1.71. The lowest BCUT2D eigenvalue weighted by Crippen LogP contribution is -2.40. The molecule has 2 aromatic rings. The van der Waals surface area contributed by atoms with E-state index in [4.69, 9.17) is 14.1 Å². The summed E-state index contributed by atoms with van der Waals surface area (Å²) < 4.78 is 10.9. The average Bonchev–Trinajstić information content (AvgIpc) is 3.46. The third kappa shape index (κ3) is 5.74. The standard InChI is InChI=1S/C22H32N4O3/c1-3-23-22(25-16-19(27)21-11-8-14-29-21)24-15-18(26-12-6-7-13-26)17-9-4-5-10-20(17)28-2/h4-5,8-11,14,18-19,27H,3,6-7,12-13,15-16H2,1-2H3,(H2,23,24,25). The Labute approximate surface area is 172 Å². The fourth-order valence-corrected chi connectivity index (χ4v) is 3.70. The number of ether oxygens (including phenoxy) is 1. The van der Waals surface area contributed by atoms with E-state index in [1.807, 2.05) is 25.1 Å². The first-order valence-corrected chi connectivity index (χ1v) is 10.3. The summed E-state index contributed by atoms with van der Waals surface area (Å²) in [5.74, 6) is 2.11. The predicted octanol–water partition coefficient (Wildman–Crippen LogP) is 2.71. The highest BCUT2D eigenvalue weighted by molar-refractivity contribution is 5.79. The van der Waals surface area contributed by atoms with E-state index >= 15 is 0 Å². The summed E-state index contributed by atoms with van der Waals surface area (Å²) in [6.07, 6.45) is 3.26. The van der Waals surface area contributed by atoms with Crippen molar-refractivity contribution in [3.05, 3.63) is 54.0 Å². The molecule has 1 aliphatic rings. The van der Waals surface area contributed by atoms with Gasteiger partial charge in [0.25, 0.3) is 0 Å². The van der Waals surface area contributed by atoms with Gasteiger partial charge in [-0.2, -0.15) is 0 Å². The van der Waals surface area contributed by atoms with E-state index in [-0.39, 0.29) is 6.04 Å². The van der Waals surface area contributed by atoms with Crippen molar-refractivity contribution >= 4 is 5.96 Å². The van der Waals surface area contributed by atoms with Crippen LogP contribution in [0.4, 0.5) is 0 Å². The molecule has 3 rings (SSSR count). The van der Waals surface area contributed by atoms with Crippen molar-refractivity contribution in [2.75, 3.05) is 39.8 Å². The van der Waals surface area contributed by atoms with Crippen molar-refractivity contribution in [2.24, 2.45) is 4.99 Å². The number of nitrogens with zero attached hydrogens (tertiary/aromatic N) is 2. The van der Waals surface area contributed by atoms with Gasteiger partial charge in [0.1, 0.15) is 17.6 Å². The van der Waals surface area contributed by atoms with Crippen LogP contribution in [0.5, 0.6) is 5.75 Å². The highest BCUT2D eigenvalue weighted by Gasteiger charge is 2.25. The lowest BCUT2D eigenvalue weighted by molar-refractivity contribution is 0.153. The molecule has 0 saturated carbocycles. The maximum atomic E-state index is 10.3. The second kappa shape index (κ2) is 10.9. The number of guanidine groups is 1. The molecule has 0 spiro atoms. The molecular formula is C22H32N4O3. The third-order valence-electron chi connectivity index (χ3n) is 5.18. The first-order valence-electron chi connectivity index (χ1n) is 10.3. The molecule has 0 bridgehead atoms. The number of aliphatic imine (C=N–C) groups is 1. The van der Waals surface area contributed by atoms with Crippen LogP contribution in [0.2, 0.25) is 0 Å². The summed E-state index contributed by atoms with van der Waals surface area (Å²) >= 11 is 0. The van der Waals surface area contributed by atoms with Crippen LogP contribution in [0.3, 0.4) is 0 Å². The second-order valence-corrected chi connectivity index (χ2v) is 7.13. The molecule has 1 fully saturated rings. The number of methoxy groups -OCH3 is 1. The molecule has 2 atom stereocenters. The lowest BCUT2D eigenvalue weighted by atomic mass is 10.0. The van der Waals surface area contributed by atoms with E-state index < -0.39 is 6.10 Å². The number of para-hydroxylation sites is 1. The van der Waals surface area contributed by atoms with Crippen molar-refractivity contribution in [2.45, 2.75) is 31.9 Å². The van der Waals surface area contributed by atoms with Gasteiger partial charge in [0.05, 0.1) is 32.5 Å². The minimum absolute atomic E-state index is 0.152. The Morgan fingerprint density at radius 1 is 1.21 bits per heavy atom. The zero-order valence-corrected chi connectivity index (χ0v) is 17.3. The molecule has 2 unspecified atom stereocenters. The van der Waals surface area contributed by atoms with Crippen LogP contribution in [-0.2, 0) is 0 Å². The number of aliphatic hydroxyl groups excluding tert-OH is 1. The number of likely N-dealkylation sites (tertiary alicyclic amines) is 1. The van der Waals surface area contributed by atoms with Crippen molar-refractivity contribution < 1.29 is 14.3 Å². The molecular weight excluding hydrogens is 368 g/mol. The van der Waals surface area contributed by atoms with E-state index in [2.05, 4.69) is 21.6 Å². The van der Waals surface area contributed by atoms with Gasteiger partial charge in [-0.05, 0) is 51.1 Å². The normalized spacial score (nSPS) is 17.1. The fourth-order valence-electron chi connectivity index (χ4n) is 3.70. The van der Waals surface area contributed by atoms with Crippen molar-refractivity contribution in [1.29, 1.82) is 0 Å². The Kier molecular flexibility index (Phi) is 7.95. The monoisotopic (exact) mass is 400 g/mol. The van der Waals surface area contributed by atoms with Crippen molar-refractivity contribution in [1.82, 2.24) is 15.5 Å². The largest absolute Gasteiger partial charge is 0.496 e. The van der Waals surface area contributed by atoms with E-state index in [9.17, 15) is 5.11 Å².